The molecule has 1 atom stereocenters. The van der Waals surface area contributed by atoms with Crippen LogP contribution in [0.25, 0.3) is 11.3 Å². The Hall–Kier alpha value is -3.48. The lowest BCUT2D eigenvalue weighted by Crippen LogP contribution is -2.52. The van der Waals surface area contributed by atoms with Gasteiger partial charge in [-0.15, -0.1) is 10.2 Å². The summed E-state index contributed by atoms with van der Waals surface area (Å²) in [7, 11) is 0. The van der Waals surface area contributed by atoms with Gasteiger partial charge in [0.1, 0.15) is 11.6 Å². The Morgan fingerprint density at radius 1 is 0.969 bits per heavy atom. The number of piperazine rings is 1. The van der Waals surface area contributed by atoms with Crippen molar-refractivity contribution in [3.05, 3.63) is 71.5 Å². The van der Waals surface area contributed by atoms with Crippen molar-refractivity contribution in [1.29, 1.82) is 0 Å². The van der Waals surface area contributed by atoms with E-state index in [9.17, 15) is 9.18 Å². The van der Waals surface area contributed by atoms with E-state index in [4.69, 9.17) is 4.74 Å². The van der Waals surface area contributed by atoms with Crippen LogP contribution in [-0.2, 0) is 4.79 Å². The Morgan fingerprint density at radius 3 is 2.34 bits per heavy atom. The number of ether oxygens (including phenoxy) is 1. The topological polar surface area (TPSA) is 58.6 Å². The first kappa shape index (κ1) is 21.7. The third kappa shape index (κ3) is 4.88. The highest BCUT2D eigenvalue weighted by Gasteiger charge is 2.27. The third-order valence-corrected chi connectivity index (χ3v) is 5.70. The first-order valence-corrected chi connectivity index (χ1v) is 10.8. The summed E-state index contributed by atoms with van der Waals surface area (Å²) in [5.41, 5.74) is 3.63. The van der Waals surface area contributed by atoms with Gasteiger partial charge >= 0.3 is 0 Å². The van der Waals surface area contributed by atoms with Gasteiger partial charge in [0, 0.05) is 31.7 Å². The lowest BCUT2D eigenvalue weighted by atomic mass is 10.1. The van der Waals surface area contributed by atoms with Crippen LogP contribution in [-0.4, -0.2) is 53.3 Å². The van der Waals surface area contributed by atoms with Crippen LogP contribution < -0.4 is 9.64 Å². The molecule has 1 aliphatic heterocycles. The van der Waals surface area contributed by atoms with Crippen LogP contribution in [0.1, 0.15) is 18.1 Å². The first-order valence-electron chi connectivity index (χ1n) is 10.8. The lowest BCUT2D eigenvalue weighted by Gasteiger charge is -2.36. The van der Waals surface area contributed by atoms with E-state index in [1.54, 1.807) is 19.1 Å². The summed E-state index contributed by atoms with van der Waals surface area (Å²) in [5, 5.41) is 8.62. The zero-order valence-corrected chi connectivity index (χ0v) is 18.6. The number of aromatic nitrogens is 2. The van der Waals surface area contributed by atoms with E-state index in [1.807, 2.05) is 49.1 Å². The van der Waals surface area contributed by atoms with Gasteiger partial charge in [0.05, 0.1) is 5.69 Å². The van der Waals surface area contributed by atoms with E-state index < -0.39 is 6.10 Å². The molecule has 0 N–H and O–H groups in total. The van der Waals surface area contributed by atoms with Gasteiger partial charge in [0.15, 0.2) is 11.9 Å². The maximum Gasteiger partial charge on any atom is 0.263 e. The van der Waals surface area contributed by atoms with Crippen molar-refractivity contribution in [2.24, 2.45) is 0 Å². The Bertz CT molecular complexity index is 1080. The average Bonchev–Trinajstić information content (AvgIpc) is 2.82. The van der Waals surface area contributed by atoms with Crippen molar-refractivity contribution in [3.63, 3.8) is 0 Å². The highest BCUT2D eigenvalue weighted by Crippen LogP contribution is 2.22. The Kier molecular flexibility index (Phi) is 6.35. The molecule has 32 heavy (non-hydrogen) atoms. The number of carbonyl (C=O) groups is 1. The predicted octanol–water partition coefficient (Wildman–Crippen LogP) is 4.02. The Morgan fingerprint density at radius 2 is 1.69 bits per heavy atom. The summed E-state index contributed by atoms with van der Waals surface area (Å²) < 4.78 is 19.1. The molecule has 4 rings (SSSR count). The summed E-state index contributed by atoms with van der Waals surface area (Å²) in [6.07, 6.45) is -0.545. The molecular formula is C25H27FN4O2. The van der Waals surface area contributed by atoms with Crippen molar-refractivity contribution in [1.82, 2.24) is 15.1 Å². The predicted molar refractivity (Wildman–Crippen MR) is 122 cm³/mol. The number of anilines is 1. The number of benzene rings is 2. The monoisotopic (exact) mass is 434 g/mol. The summed E-state index contributed by atoms with van der Waals surface area (Å²) in [6.45, 7) is 8.33. The minimum atomic E-state index is -0.545. The molecule has 0 spiro atoms. The molecule has 1 amide bonds. The van der Waals surface area contributed by atoms with Crippen LogP contribution in [0.5, 0.6) is 5.75 Å². The van der Waals surface area contributed by atoms with Gasteiger partial charge in [-0.25, -0.2) is 4.39 Å². The maximum absolute atomic E-state index is 13.1. The van der Waals surface area contributed by atoms with Crippen molar-refractivity contribution in [2.75, 3.05) is 31.1 Å². The van der Waals surface area contributed by atoms with Crippen LogP contribution in [0.4, 0.5) is 10.2 Å². The molecule has 1 saturated heterocycles. The van der Waals surface area contributed by atoms with Gasteiger partial charge in [-0.1, -0.05) is 12.1 Å². The van der Waals surface area contributed by atoms with E-state index >= 15 is 0 Å². The molecule has 1 fully saturated rings. The van der Waals surface area contributed by atoms with Gasteiger partial charge in [-0.2, -0.15) is 0 Å². The van der Waals surface area contributed by atoms with Gasteiger partial charge in [-0.05, 0) is 74.4 Å². The molecule has 166 valence electrons. The number of rotatable bonds is 5. The van der Waals surface area contributed by atoms with Crippen molar-refractivity contribution in [3.8, 4) is 17.0 Å². The number of aryl methyl sites for hydroxylation is 2. The summed E-state index contributed by atoms with van der Waals surface area (Å²) >= 11 is 0. The van der Waals surface area contributed by atoms with Crippen LogP contribution in [0, 0.1) is 19.7 Å². The fraction of sp³-hybridized carbons (Fsp3) is 0.320. The molecular weight excluding hydrogens is 407 g/mol. The molecule has 2 heterocycles. The zero-order chi connectivity index (χ0) is 22.7. The smallest absolute Gasteiger partial charge is 0.263 e. The highest BCUT2D eigenvalue weighted by molar-refractivity contribution is 5.81. The number of hydrogen-bond donors (Lipinski definition) is 0. The molecule has 0 bridgehead atoms. The van der Waals surface area contributed by atoms with E-state index in [-0.39, 0.29) is 11.7 Å². The number of amides is 1. The largest absolute Gasteiger partial charge is 0.481 e. The van der Waals surface area contributed by atoms with Gasteiger partial charge in [0.2, 0.25) is 0 Å². The fourth-order valence-corrected chi connectivity index (χ4v) is 3.76. The second kappa shape index (κ2) is 9.34. The maximum atomic E-state index is 13.1. The molecule has 2 aromatic carbocycles. The number of halogens is 1. The van der Waals surface area contributed by atoms with Crippen LogP contribution >= 0.6 is 0 Å². The second-order valence-corrected chi connectivity index (χ2v) is 8.13. The average molecular weight is 435 g/mol. The van der Waals surface area contributed by atoms with Crippen molar-refractivity contribution in [2.45, 2.75) is 26.9 Å². The summed E-state index contributed by atoms with van der Waals surface area (Å²) in [6, 6.07) is 16.0. The normalized spacial score (nSPS) is 14.9. The molecule has 1 unspecified atom stereocenters. The standard InChI is InChI=1S/C25H27FN4O2/c1-17-4-5-18(2)23(16-17)32-19(3)25(31)30-14-12-29(13-15-30)24-11-10-22(27-28-24)20-6-8-21(26)9-7-20/h4-11,16,19H,12-15H2,1-3H3. The van der Waals surface area contributed by atoms with Crippen LogP contribution in [0.3, 0.4) is 0 Å². The molecule has 7 heteroatoms. The van der Waals surface area contributed by atoms with Crippen LogP contribution in [0.15, 0.2) is 54.6 Å². The summed E-state index contributed by atoms with van der Waals surface area (Å²) in [4.78, 5) is 16.8. The lowest BCUT2D eigenvalue weighted by molar-refractivity contribution is -0.138. The number of hydrogen-bond acceptors (Lipinski definition) is 5. The molecule has 1 aliphatic rings. The molecule has 0 radical (unpaired) electrons. The minimum Gasteiger partial charge on any atom is -0.481 e. The molecule has 0 saturated carbocycles. The van der Waals surface area contributed by atoms with Crippen LogP contribution in [0.2, 0.25) is 0 Å². The van der Waals surface area contributed by atoms with Gasteiger partial charge in [0.25, 0.3) is 5.91 Å². The van der Waals surface area contributed by atoms with E-state index in [2.05, 4.69) is 15.1 Å². The van der Waals surface area contributed by atoms with E-state index in [1.165, 1.54) is 12.1 Å². The van der Waals surface area contributed by atoms with E-state index in [0.717, 1.165) is 28.3 Å². The SMILES string of the molecule is Cc1ccc(C)c(OC(C)C(=O)N2CCN(c3ccc(-c4ccc(F)cc4)nn3)CC2)c1. The Labute approximate surface area is 187 Å². The van der Waals surface area contributed by atoms with Gasteiger partial charge < -0.3 is 14.5 Å². The molecule has 0 aliphatic carbocycles. The van der Waals surface area contributed by atoms with E-state index in [0.29, 0.717) is 31.9 Å². The number of carbonyl (C=O) groups excluding carboxylic acids is 1. The van der Waals surface area contributed by atoms with Crippen molar-refractivity contribution < 1.29 is 13.9 Å². The summed E-state index contributed by atoms with van der Waals surface area (Å²) in [5.74, 6) is 1.23. The quantitative estimate of drug-likeness (QED) is 0.607. The zero-order valence-electron chi connectivity index (χ0n) is 18.6. The molecule has 6 nitrogen and oxygen atoms in total. The molecule has 3 aromatic rings. The fourth-order valence-electron chi connectivity index (χ4n) is 3.76. The highest BCUT2D eigenvalue weighted by atomic mass is 19.1. The van der Waals surface area contributed by atoms with Gasteiger partial charge in [-0.3, -0.25) is 4.79 Å². The second-order valence-electron chi connectivity index (χ2n) is 8.13. The Balaban J connectivity index is 1.33. The van der Waals surface area contributed by atoms with Crippen molar-refractivity contribution >= 4 is 11.7 Å². The molecule has 1 aromatic heterocycles. The first-order chi connectivity index (χ1) is 15.4. The minimum absolute atomic E-state index is 0.0108. The third-order valence-electron chi connectivity index (χ3n) is 5.70. The number of nitrogens with zero attached hydrogens (tertiary/aromatic N) is 4.